The van der Waals surface area contributed by atoms with Crippen molar-refractivity contribution in [3.63, 3.8) is 0 Å². The fraction of sp³-hybridized carbons (Fsp3) is 0.133. The average molecular weight is 362 g/mol. The highest BCUT2D eigenvalue weighted by Crippen LogP contribution is 2.24. The molecule has 0 atom stereocenters. The summed E-state index contributed by atoms with van der Waals surface area (Å²) in [5.74, 6) is -1.16. The summed E-state index contributed by atoms with van der Waals surface area (Å²) < 4.78 is 26.2. The van der Waals surface area contributed by atoms with E-state index in [1.165, 1.54) is 17.8 Å². The summed E-state index contributed by atoms with van der Waals surface area (Å²) in [5.41, 5.74) is 0.890. The lowest BCUT2D eigenvalue weighted by Crippen LogP contribution is -2.15. The topological polar surface area (TPSA) is 29.1 Å². The first kappa shape index (κ1) is 17.1. The average Bonchev–Trinajstić information content (AvgIpc) is 2.46. The predicted molar refractivity (Wildman–Crippen MR) is 87.6 cm³/mol. The van der Waals surface area contributed by atoms with Gasteiger partial charge in [-0.05, 0) is 29.8 Å². The molecule has 2 nitrogen and oxygen atoms in total. The molecule has 0 saturated heterocycles. The van der Waals surface area contributed by atoms with Crippen LogP contribution in [0.25, 0.3) is 0 Å². The fourth-order valence-electron chi connectivity index (χ4n) is 1.67. The number of halogens is 4. The highest BCUT2D eigenvalue weighted by atomic mass is 35.5. The zero-order valence-corrected chi connectivity index (χ0v) is 13.5. The zero-order valence-electron chi connectivity index (χ0n) is 11.2. The second-order valence-corrected chi connectivity index (χ2v) is 6.21. The van der Waals surface area contributed by atoms with Crippen LogP contribution in [0.1, 0.15) is 5.56 Å². The van der Waals surface area contributed by atoms with Gasteiger partial charge in [0.05, 0.1) is 21.5 Å². The van der Waals surface area contributed by atoms with Crippen LogP contribution in [0.4, 0.5) is 14.5 Å². The maximum atomic E-state index is 13.4. The maximum absolute atomic E-state index is 13.4. The highest BCUT2D eigenvalue weighted by molar-refractivity contribution is 7.99. The molecule has 116 valence electrons. The van der Waals surface area contributed by atoms with E-state index in [0.717, 1.165) is 17.7 Å². The van der Waals surface area contributed by atoms with Crippen LogP contribution in [0.5, 0.6) is 0 Å². The molecule has 1 N–H and O–H groups in total. The van der Waals surface area contributed by atoms with Gasteiger partial charge in [-0.3, -0.25) is 4.79 Å². The fourth-order valence-corrected chi connectivity index (χ4v) is 2.76. The van der Waals surface area contributed by atoms with Crippen molar-refractivity contribution in [1.29, 1.82) is 0 Å². The number of amides is 1. The smallest absolute Gasteiger partial charge is 0.234 e. The maximum Gasteiger partial charge on any atom is 0.234 e. The van der Waals surface area contributed by atoms with Crippen LogP contribution >= 0.6 is 35.0 Å². The van der Waals surface area contributed by atoms with E-state index in [2.05, 4.69) is 5.32 Å². The second kappa shape index (κ2) is 7.81. The Labute approximate surface area is 140 Å². The van der Waals surface area contributed by atoms with Gasteiger partial charge in [0, 0.05) is 11.8 Å². The third kappa shape index (κ3) is 4.87. The number of carbonyl (C=O) groups excluding carboxylic acids is 1. The Morgan fingerprint density at radius 2 is 1.86 bits per heavy atom. The van der Waals surface area contributed by atoms with Crippen molar-refractivity contribution in [3.05, 3.63) is 63.6 Å². The quantitative estimate of drug-likeness (QED) is 0.798. The van der Waals surface area contributed by atoms with E-state index in [-0.39, 0.29) is 17.3 Å². The Morgan fingerprint density at radius 1 is 1.09 bits per heavy atom. The summed E-state index contributed by atoms with van der Waals surface area (Å²) in [4.78, 5) is 11.7. The summed E-state index contributed by atoms with van der Waals surface area (Å²) >= 11 is 13.1. The van der Waals surface area contributed by atoms with Gasteiger partial charge in [-0.1, -0.05) is 29.3 Å². The summed E-state index contributed by atoms with van der Waals surface area (Å²) in [7, 11) is 0. The summed E-state index contributed by atoms with van der Waals surface area (Å²) in [6.45, 7) is 0. The van der Waals surface area contributed by atoms with E-state index in [9.17, 15) is 13.6 Å². The van der Waals surface area contributed by atoms with Gasteiger partial charge in [-0.25, -0.2) is 8.78 Å². The van der Waals surface area contributed by atoms with Crippen molar-refractivity contribution >= 4 is 46.6 Å². The van der Waals surface area contributed by atoms with Crippen molar-refractivity contribution in [2.24, 2.45) is 0 Å². The summed E-state index contributed by atoms with van der Waals surface area (Å²) in [6, 6.07) is 8.23. The van der Waals surface area contributed by atoms with E-state index in [1.54, 1.807) is 12.1 Å². The molecule has 0 saturated carbocycles. The second-order valence-electron chi connectivity index (χ2n) is 4.41. The SMILES string of the molecule is O=C(CSCc1ccc(Cl)c(Cl)c1)Nc1ccc(F)cc1F. The summed E-state index contributed by atoms with van der Waals surface area (Å²) in [5, 5.41) is 3.32. The molecular formula is C15H11Cl2F2NOS. The molecule has 0 bridgehead atoms. The molecule has 0 aliphatic heterocycles. The van der Waals surface area contributed by atoms with Gasteiger partial charge in [0.1, 0.15) is 11.6 Å². The molecule has 0 radical (unpaired) electrons. The van der Waals surface area contributed by atoms with Gasteiger partial charge in [-0.15, -0.1) is 11.8 Å². The molecule has 0 aliphatic carbocycles. The minimum atomic E-state index is -0.803. The predicted octanol–water partition coefficient (Wildman–Crippen LogP) is 5.14. The van der Waals surface area contributed by atoms with Crippen LogP contribution in [0.15, 0.2) is 36.4 Å². The first-order valence-electron chi connectivity index (χ1n) is 6.22. The minimum Gasteiger partial charge on any atom is -0.323 e. The highest BCUT2D eigenvalue weighted by Gasteiger charge is 2.08. The first-order valence-corrected chi connectivity index (χ1v) is 8.13. The lowest BCUT2D eigenvalue weighted by atomic mass is 10.2. The van der Waals surface area contributed by atoms with E-state index < -0.39 is 11.6 Å². The molecule has 0 heterocycles. The lowest BCUT2D eigenvalue weighted by Gasteiger charge is -2.07. The van der Waals surface area contributed by atoms with E-state index in [4.69, 9.17) is 23.2 Å². The van der Waals surface area contributed by atoms with Crippen molar-refractivity contribution in [3.8, 4) is 0 Å². The number of anilines is 1. The largest absolute Gasteiger partial charge is 0.323 e. The minimum absolute atomic E-state index is 0.0402. The number of benzene rings is 2. The van der Waals surface area contributed by atoms with Crippen LogP contribution in [0.2, 0.25) is 10.0 Å². The van der Waals surface area contributed by atoms with Crippen LogP contribution in [0.3, 0.4) is 0 Å². The molecule has 1 amide bonds. The van der Waals surface area contributed by atoms with E-state index in [0.29, 0.717) is 15.8 Å². The van der Waals surface area contributed by atoms with Crippen molar-refractivity contribution in [2.75, 3.05) is 11.1 Å². The Morgan fingerprint density at radius 3 is 2.55 bits per heavy atom. The van der Waals surface area contributed by atoms with Gasteiger partial charge < -0.3 is 5.32 Å². The van der Waals surface area contributed by atoms with Crippen molar-refractivity contribution < 1.29 is 13.6 Å². The van der Waals surface area contributed by atoms with Crippen molar-refractivity contribution in [2.45, 2.75) is 5.75 Å². The van der Waals surface area contributed by atoms with Crippen molar-refractivity contribution in [1.82, 2.24) is 0 Å². The number of hydrogen-bond donors (Lipinski definition) is 1. The Balaban J connectivity index is 1.83. The van der Waals surface area contributed by atoms with Gasteiger partial charge in [0.2, 0.25) is 5.91 Å². The van der Waals surface area contributed by atoms with Crippen LogP contribution in [-0.2, 0) is 10.5 Å². The standard InChI is InChI=1S/C15H11Cl2F2NOS/c16-11-3-1-9(5-12(11)17)7-22-8-15(21)20-14-4-2-10(18)6-13(14)19/h1-6H,7-8H2,(H,20,21). The van der Waals surface area contributed by atoms with Gasteiger partial charge in [0.25, 0.3) is 0 Å². The molecule has 7 heteroatoms. The molecule has 0 spiro atoms. The molecule has 0 aliphatic rings. The Hall–Kier alpha value is -1.30. The molecule has 0 unspecified atom stereocenters. The molecule has 2 rings (SSSR count). The molecule has 2 aromatic rings. The van der Waals surface area contributed by atoms with Gasteiger partial charge in [0.15, 0.2) is 0 Å². The number of thioether (sulfide) groups is 1. The number of hydrogen-bond acceptors (Lipinski definition) is 2. The third-order valence-electron chi connectivity index (χ3n) is 2.69. The molecule has 2 aromatic carbocycles. The van der Waals surface area contributed by atoms with Crippen LogP contribution in [0, 0.1) is 11.6 Å². The van der Waals surface area contributed by atoms with Crippen LogP contribution in [-0.4, -0.2) is 11.7 Å². The molecule has 22 heavy (non-hydrogen) atoms. The monoisotopic (exact) mass is 361 g/mol. The Kier molecular flexibility index (Phi) is 6.06. The van der Waals surface area contributed by atoms with Gasteiger partial charge in [-0.2, -0.15) is 0 Å². The van der Waals surface area contributed by atoms with E-state index in [1.807, 2.05) is 6.07 Å². The third-order valence-corrected chi connectivity index (χ3v) is 4.43. The summed E-state index contributed by atoms with van der Waals surface area (Å²) in [6.07, 6.45) is 0. The first-order chi connectivity index (χ1) is 10.5. The Bertz CT molecular complexity index is 697. The van der Waals surface area contributed by atoms with Gasteiger partial charge >= 0.3 is 0 Å². The number of nitrogens with one attached hydrogen (secondary N) is 1. The molecule has 0 fully saturated rings. The molecular weight excluding hydrogens is 351 g/mol. The number of carbonyl (C=O) groups is 1. The zero-order chi connectivity index (χ0) is 16.1. The number of rotatable bonds is 5. The van der Waals surface area contributed by atoms with E-state index >= 15 is 0 Å². The lowest BCUT2D eigenvalue weighted by molar-refractivity contribution is -0.113. The normalized spacial score (nSPS) is 10.5. The van der Waals surface area contributed by atoms with Crippen LogP contribution < -0.4 is 5.32 Å². The molecule has 0 aromatic heterocycles.